The molecule has 0 unspecified atom stereocenters. The van der Waals surface area contributed by atoms with Gasteiger partial charge in [-0.1, -0.05) is 29.8 Å². The molecule has 1 fully saturated rings. The second-order valence-corrected chi connectivity index (χ2v) is 8.65. The number of carbonyl (C=O) groups is 1. The molecule has 0 saturated carbocycles. The first kappa shape index (κ1) is 18.9. The van der Waals surface area contributed by atoms with Crippen molar-refractivity contribution in [2.75, 3.05) is 19.6 Å². The molecule has 1 N–H and O–H groups in total. The van der Waals surface area contributed by atoms with Crippen molar-refractivity contribution in [2.24, 2.45) is 0 Å². The van der Waals surface area contributed by atoms with E-state index < -0.39 is 10.0 Å². The van der Waals surface area contributed by atoms with Crippen LogP contribution in [0.5, 0.6) is 0 Å². The normalized spacial score (nSPS) is 15.1. The fraction of sp³-hybridized carbons (Fsp3) is 0.316. The van der Waals surface area contributed by atoms with Crippen molar-refractivity contribution < 1.29 is 13.2 Å². The molecule has 3 rings (SSSR count). The number of nitrogens with one attached hydrogen (secondary N) is 1. The lowest BCUT2D eigenvalue weighted by atomic mass is 10.1. The van der Waals surface area contributed by atoms with E-state index in [4.69, 9.17) is 11.6 Å². The molecule has 0 aromatic heterocycles. The average molecular weight is 393 g/mol. The topological polar surface area (TPSA) is 66.5 Å². The molecule has 1 aliphatic heterocycles. The van der Waals surface area contributed by atoms with Gasteiger partial charge in [-0.3, -0.25) is 4.79 Å². The summed E-state index contributed by atoms with van der Waals surface area (Å²) in [5, 5.41) is 3.36. The van der Waals surface area contributed by atoms with Crippen LogP contribution in [0, 0.1) is 0 Å². The smallest absolute Gasteiger partial charge is 0.251 e. The van der Waals surface area contributed by atoms with Gasteiger partial charge in [0, 0.05) is 30.2 Å². The Bertz CT molecular complexity index is 876. The number of carbonyl (C=O) groups excluding carboxylic acids is 1. The molecular formula is C19H21ClN2O3S. The van der Waals surface area contributed by atoms with E-state index in [0.29, 0.717) is 41.5 Å². The van der Waals surface area contributed by atoms with Gasteiger partial charge in [0.15, 0.2) is 0 Å². The maximum Gasteiger partial charge on any atom is 0.251 e. The summed E-state index contributed by atoms with van der Waals surface area (Å²) in [6.07, 6.45) is 2.46. The minimum absolute atomic E-state index is 0.180. The molecule has 0 aliphatic carbocycles. The highest BCUT2D eigenvalue weighted by Gasteiger charge is 2.26. The lowest BCUT2D eigenvalue weighted by Gasteiger charge is -2.15. The quantitative estimate of drug-likeness (QED) is 0.821. The molecular weight excluding hydrogens is 372 g/mol. The lowest BCUT2D eigenvalue weighted by molar-refractivity contribution is 0.0954. The zero-order chi connectivity index (χ0) is 18.6. The molecule has 5 nitrogen and oxygen atoms in total. The van der Waals surface area contributed by atoms with Crippen LogP contribution in [0.2, 0.25) is 5.02 Å². The van der Waals surface area contributed by atoms with Crippen molar-refractivity contribution in [3.05, 3.63) is 64.7 Å². The second-order valence-electron chi connectivity index (χ2n) is 6.27. The molecule has 1 aliphatic rings. The molecule has 26 heavy (non-hydrogen) atoms. The van der Waals surface area contributed by atoms with Crippen LogP contribution in [0.3, 0.4) is 0 Å². The summed E-state index contributed by atoms with van der Waals surface area (Å²) in [7, 11) is -3.38. The van der Waals surface area contributed by atoms with E-state index >= 15 is 0 Å². The van der Waals surface area contributed by atoms with Crippen LogP contribution in [0.15, 0.2) is 53.4 Å². The average Bonchev–Trinajstić information content (AvgIpc) is 3.17. The third kappa shape index (κ3) is 4.44. The molecule has 1 amide bonds. The van der Waals surface area contributed by atoms with Crippen molar-refractivity contribution in [3.63, 3.8) is 0 Å². The second kappa shape index (κ2) is 8.20. The van der Waals surface area contributed by atoms with Gasteiger partial charge in [0.25, 0.3) is 5.91 Å². The van der Waals surface area contributed by atoms with Crippen LogP contribution in [-0.4, -0.2) is 38.3 Å². The molecule has 0 bridgehead atoms. The SMILES string of the molecule is O=C(NCCc1ccc(S(=O)(=O)N2CCCC2)cc1)c1cccc(Cl)c1. The van der Waals surface area contributed by atoms with E-state index in [0.717, 1.165) is 18.4 Å². The Kier molecular flexibility index (Phi) is 5.96. The summed E-state index contributed by atoms with van der Waals surface area (Å²) in [6.45, 7) is 1.66. The van der Waals surface area contributed by atoms with Gasteiger partial charge in [-0.15, -0.1) is 0 Å². The maximum absolute atomic E-state index is 12.5. The third-order valence-corrected chi connectivity index (χ3v) is 6.56. The van der Waals surface area contributed by atoms with E-state index in [9.17, 15) is 13.2 Å². The summed E-state index contributed by atoms with van der Waals surface area (Å²) in [6, 6.07) is 13.7. The first-order valence-electron chi connectivity index (χ1n) is 8.60. The van der Waals surface area contributed by atoms with Crippen LogP contribution in [0.1, 0.15) is 28.8 Å². The molecule has 2 aromatic carbocycles. The van der Waals surface area contributed by atoms with Crippen molar-refractivity contribution in [1.29, 1.82) is 0 Å². The number of benzene rings is 2. The number of rotatable bonds is 6. The van der Waals surface area contributed by atoms with Crippen molar-refractivity contribution in [2.45, 2.75) is 24.2 Å². The van der Waals surface area contributed by atoms with Crippen LogP contribution in [-0.2, 0) is 16.4 Å². The van der Waals surface area contributed by atoms with Crippen LogP contribution in [0.4, 0.5) is 0 Å². The van der Waals surface area contributed by atoms with Crippen molar-refractivity contribution in [3.8, 4) is 0 Å². The van der Waals surface area contributed by atoms with Gasteiger partial charge in [-0.2, -0.15) is 4.31 Å². The predicted octanol–water partition coefficient (Wildman–Crippen LogP) is 3.10. The van der Waals surface area contributed by atoms with Gasteiger partial charge >= 0.3 is 0 Å². The Balaban J connectivity index is 1.55. The van der Waals surface area contributed by atoms with Gasteiger partial charge in [0.1, 0.15) is 0 Å². The van der Waals surface area contributed by atoms with Gasteiger partial charge < -0.3 is 5.32 Å². The third-order valence-electron chi connectivity index (χ3n) is 4.41. The highest BCUT2D eigenvalue weighted by Crippen LogP contribution is 2.21. The summed E-state index contributed by atoms with van der Waals surface area (Å²) >= 11 is 5.88. The van der Waals surface area contributed by atoms with Gasteiger partial charge in [0.2, 0.25) is 10.0 Å². The summed E-state index contributed by atoms with van der Waals surface area (Å²) in [5.74, 6) is -0.180. The Morgan fingerprint density at radius 2 is 1.77 bits per heavy atom. The fourth-order valence-electron chi connectivity index (χ4n) is 2.96. The summed E-state index contributed by atoms with van der Waals surface area (Å²) in [4.78, 5) is 12.4. The zero-order valence-corrected chi connectivity index (χ0v) is 15.9. The van der Waals surface area contributed by atoms with Crippen LogP contribution >= 0.6 is 11.6 Å². The van der Waals surface area contributed by atoms with Gasteiger partial charge in [-0.05, 0) is 55.2 Å². The largest absolute Gasteiger partial charge is 0.352 e. The Morgan fingerprint density at radius 3 is 2.42 bits per heavy atom. The minimum Gasteiger partial charge on any atom is -0.352 e. The number of sulfonamides is 1. The van der Waals surface area contributed by atoms with Gasteiger partial charge in [-0.25, -0.2) is 8.42 Å². The molecule has 1 heterocycles. The minimum atomic E-state index is -3.38. The first-order chi connectivity index (χ1) is 12.5. The Hall–Kier alpha value is -1.89. The van der Waals surface area contributed by atoms with Crippen molar-refractivity contribution in [1.82, 2.24) is 9.62 Å². The van der Waals surface area contributed by atoms with E-state index in [1.807, 2.05) is 0 Å². The molecule has 7 heteroatoms. The molecule has 1 saturated heterocycles. The highest BCUT2D eigenvalue weighted by atomic mass is 35.5. The Morgan fingerprint density at radius 1 is 1.08 bits per heavy atom. The predicted molar refractivity (Wildman–Crippen MR) is 102 cm³/mol. The fourth-order valence-corrected chi connectivity index (χ4v) is 4.67. The number of hydrogen-bond acceptors (Lipinski definition) is 3. The molecule has 0 atom stereocenters. The number of nitrogens with zero attached hydrogens (tertiary/aromatic N) is 1. The molecule has 2 aromatic rings. The first-order valence-corrected chi connectivity index (χ1v) is 10.4. The summed E-state index contributed by atoms with van der Waals surface area (Å²) < 4.78 is 26.5. The van der Waals surface area contributed by atoms with E-state index in [-0.39, 0.29) is 5.91 Å². The van der Waals surface area contributed by atoms with E-state index in [1.165, 1.54) is 4.31 Å². The lowest BCUT2D eigenvalue weighted by Crippen LogP contribution is -2.28. The van der Waals surface area contributed by atoms with E-state index in [2.05, 4.69) is 5.32 Å². The number of amides is 1. The molecule has 0 spiro atoms. The van der Waals surface area contributed by atoms with Crippen LogP contribution < -0.4 is 5.32 Å². The number of hydrogen-bond donors (Lipinski definition) is 1. The standard InChI is InChI=1S/C19H21ClN2O3S/c20-17-5-3-4-16(14-17)19(23)21-11-10-15-6-8-18(9-7-15)26(24,25)22-12-1-2-13-22/h3-9,14H,1-2,10-13H2,(H,21,23). The molecule has 0 radical (unpaired) electrons. The monoisotopic (exact) mass is 392 g/mol. The highest BCUT2D eigenvalue weighted by molar-refractivity contribution is 7.89. The van der Waals surface area contributed by atoms with E-state index in [1.54, 1.807) is 48.5 Å². The van der Waals surface area contributed by atoms with Crippen LogP contribution in [0.25, 0.3) is 0 Å². The Labute approximate surface area is 159 Å². The zero-order valence-electron chi connectivity index (χ0n) is 14.3. The van der Waals surface area contributed by atoms with Crippen molar-refractivity contribution >= 4 is 27.5 Å². The maximum atomic E-state index is 12.5. The summed E-state index contributed by atoms with van der Waals surface area (Å²) in [5.41, 5.74) is 1.49. The van der Waals surface area contributed by atoms with Gasteiger partial charge in [0.05, 0.1) is 4.90 Å². The molecule has 138 valence electrons. The number of halogens is 1.